The van der Waals surface area contributed by atoms with Crippen molar-refractivity contribution in [2.24, 2.45) is 0 Å². The van der Waals surface area contributed by atoms with Crippen LogP contribution in [0.1, 0.15) is 20.3 Å². The van der Waals surface area contributed by atoms with Gasteiger partial charge in [-0.3, -0.25) is 14.9 Å². The quantitative estimate of drug-likeness (QED) is 0.575. The summed E-state index contributed by atoms with van der Waals surface area (Å²) in [4.78, 5) is 21.2. The zero-order chi connectivity index (χ0) is 10.3. The SMILES string of the molecule is CCCOC(=O)[C@H](C)NCC(=O)O. The standard InChI is InChI=1S/C8H15NO4/c1-3-4-13-8(12)6(2)9-5-7(10)11/h6,9H,3-5H2,1-2H3,(H,10,11)/t6-/m0/s1. The first-order valence-electron chi connectivity index (χ1n) is 4.19. The molecule has 2 N–H and O–H groups in total. The molecule has 0 bridgehead atoms. The molecular weight excluding hydrogens is 174 g/mol. The summed E-state index contributed by atoms with van der Waals surface area (Å²) in [7, 11) is 0. The van der Waals surface area contributed by atoms with Gasteiger partial charge < -0.3 is 9.84 Å². The van der Waals surface area contributed by atoms with Crippen LogP contribution < -0.4 is 5.32 Å². The van der Waals surface area contributed by atoms with Crippen LogP contribution in [-0.2, 0) is 14.3 Å². The van der Waals surface area contributed by atoms with Crippen LogP contribution in [0.4, 0.5) is 0 Å². The predicted octanol–water partition coefficient (Wildman–Crippen LogP) is 0.00230. The topological polar surface area (TPSA) is 75.6 Å². The van der Waals surface area contributed by atoms with Gasteiger partial charge in [-0.25, -0.2) is 0 Å². The summed E-state index contributed by atoms with van der Waals surface area (Å²) >= 11 is 0. The van der Waals surface area contributed by atoms with E-state index in [4.69, 9.17) is 9.84 Å². The highest BCUT2D eigenvalue weighted by molar-refractivity contribution is 5.76. The highest BCUT2D eigenvalue weighted by atomic mass is 16.5. The molecule has 0 unspecified atom stereocenters. The Balaban J connectivity index is 3.62. The van der Waals surface area contributed by atoms with Gasteiger partial charge in [-0.05, 0) is 13.3 Å². The monoisotopic (exact) mass is 189 g/mol. The molecule has 0 aliphatic rings. The van der Waals surface area contributed by atoms with E-state index in [1.807, 2.05) is 6.92 Å². The van der Waals surface area contributed by atoms with Gasteiger partial charge in [0, 0.05) is 0 Å². The molecule has 0 aliphatic carbocycles. The van der Waals surface area contributed by atoms with Crippen LogP contribution in [0.3, 0.4) is 0 Å². The number of nitrogens with one attached hydrogen (secondary N) is 1. The molecule has 0 heterocycles. The average molecular weight is 189 g/mol. The van der Waals surface area contributed by atoms with Crippen LogP contribution >= 0.6 is 0 Å². The van der Waals surface area contributed by atoms with Crippen molar-refractivity contribution in [1.82, 2.24) is 5.32 Å². The van der Waals surface area contributed by atoms with E-state index in [-0.39, 0.29) is 6.54 Å². The molecule has 13 heavy (non-hydrogen) atoms. The summed E-state index contributed by atoms with van der Waals surface area (Å²) in [5.41, 5.74) is 0. The van der Waals surface area contributed by atoms with E-state index in [0.29, 0.717) is 6.61 Å². The lowest BCUT2D eigenvalue weighted by Crippen LogP contribution is -2.38. The highest BCUT2D eigenvalue weighted by Gasteiger charge is 2.13. The molecule has 0 fully saturated rings. The highest BCUT2D eigenvalue weighted by Crippen LogP contribution is 1.89. The van der Waals surface area contributed by atoms with Crippen LogP contribution in [0.2, 0.25) is 0 Å². The number of rotatable bonds is 6. The van der Waals surface area contributed by atoms with Crippen LogP contribution in [0.5, 0.6) is 0 Å². The van der Waals surface area contributed by atoms with Gasteiger partial charge in [0.05, 0.1) is 13.2 Å². The molecule has 0 saturated carbocycles. The van der Waals surface area contributed by atoms with Crippen LogP contribution in [-0.4, -0.2) is 36.2 Å². The largest absolute Gasteiger partial charge is 0.480 e. The third kappa shape index (κ3) is 6.10. The van der Waals surface area contributed by atoms with Gasteiger partial charge in [-0.2, -0.15) is 0 Å². The van der Waals surface area contributed by atoms with Crippen molar-refractivity contribution in [3.63, 3.8) is 0 Å². The molecule has 0 radical (unpaired) electrons. The number of hydrogen-bond donors (Lipinski definition) is 2. The number of carbonyl (C=O) groups excluding carboxylic acids is 1. The fourth-order valence-electron chi connectivity index (χ4n) is 0.651. The maximum Gasteiger partial charge on any atom is 0.322 e. The van der Waals surface area contributed by atoms with Crippen molar-refractivity contribution >= 4 is 11.9 Å². The molecule has 0 aromatic heterocycles. The molecule has 0 aliphatic heterocycles. The van der Waals surface area contributed by atoms with Crippen molar-refractivity contribution in [2.45, 2.75) is 26.3 Å². The van der Waals surface area contributed by atoms with Crippen molar-refractivity contribution in [3.05, 3.63) is 0 Å². The fraction of sp³-hybridized carbons (Fsp3) is 0.750. The van der Waals surface area contributed by atoms with Gasteiger partial charge in [0.25, 0.3) is 0 Å². The third-order valence-corrected chi connectivity index (χ3v) is 1.36. The van der Waals surface area contributed by atoms with E-state index in [1.54, 1.807) is 6.92 Å². The minimum atomic E-state index is -0.991. The Morgan fingerprint density at radius 1 is 1.54 bits per heavy atom. The summed E-state index contributed by atoms with van der Waals surface area (Å²) in [6.45, 7) is 3.60. The molecule has 76 valence electrons. The Hall–Kier alpha value is -1.10. The normalized spacial score (nSPS) is 12.2. The number of hydrogen-bond acceptors (Lipinski definition) is 4. The number of carboxylic acids is 1. The van der Waals surface area contributed by atoms with Crippen LogP contribution in [0, 0.1) is 0 Å². The van der Waals surface area contributed by atoms with Gasteiger partial charge in [0.2, 0.25) is 0 Å². The first-order chi connectivity index (χ1) is 6.07. The first-order valence-corrected chi connectivity index (χ1v) is 4.19. The lowest BCUT2D eigenvalue weighted by molar-refractivity contribution is -0.146. The minimum Gasteiger partial charge on any atom is -0.480 e. The fourth-order valence-corrected chi connectivity index (χ4v) is 0.651. The predicted molar refractivity (Wildman–Crippen MR) is 46.4 cm³/mol. The molecular formula is C8H15NO4. The van der Waals surface area contributed by atoms with Crippen molar-refractivity contribution < 1.29 is 19.4 Å². The van der Waals surface area contributed by atoms with Crippen LogP contribution in [0.15, 0.2) is 0 Å². The number of ether oxygens (including phenoxy) is 1. The number of carboxylic acid groups (broad SMARTS) is 1. The second-order valence-electron chi connectivity index (χ2n) is 2.66. The Labute approximate surface area is 77.1 Å². The van der Waals surface area contributed by atoms with E-state index in [2.05, 4.69) is 5.32 Å². The Kier molecular flexibility index (Phi) is 5.88. The molecule has 1 atom stereocenters. The Morgan fingerprint density at radius 2 is 2.15 bits per heavy atom. The van der Waals surface area contributed by atoms with E-state index >= 15 is 0 Å². The van der Waals surface area contributed by atoms with E-state index in [9.17, 15) is 9.59 Å². The maximum atomic E-state index is 11.0. The van der Waals surface area contributed by atoms with Gasteiger partial charge >= 0.3 is 11.9 Å². The molecule has 0 saturated heterocycles. The Bertz CT molecular complexity index is 181. The lowest BCUT2D eigenvalue weighted by Gasteiger charge is -2.10. The van der Waals surface area contributed by atoms with Gasteiger partial charge in [0.1, 0.15) is 6.04 Å². The van der Waals surface area contributed by atoms with Gasteiger partial charge in [-0.15, -0.1) is 0 Å². The summed E-state index contributed by atoms with van der Waals surface area (Å²) in [5, 5.41) is 10.8. The maximum absolute atomic E-state index is 11.0. The first kappa shape index (κ1) is 11.9. The molecule has 5 heteroatoms. The van der Waals surface area contributed by atoms with Crippen molar-refractivity contribution in [3.8, 4) is 0 Å². The summed E-state index contributed by atoms with van der Waals surface area (Å²) in [6, 6.07) is -0.567. The second kappa shape index (κ2) is 6.42. The number of carbonyl (C=O) groups is 2. The Morgan fingerprint density at radius 3 is 2.62 bits per heavy atom. The molecule has 0 spiro atoms. The third-order valence-electron chi connectivity index (χ3n) is 1.36. The lowest BCUT2D eigenvalue weighted by atomic mass is 10.3. The zero-order valence-corrected chi connectivity index (χ0v) is 7.87. The molecule has 0 aromatic carbocycles. The van der Waals surface area contributed by atoms with E-state index < -0.39 is 18.0 Å². The zero-order valence-electron chi connectivity index (χ0n) is 7.87. The minimum absolute atomic E-state index is 0.234. The molecule has 5 nitrogen and oxygen atoms in total. The second-order valence-corrected chi connectivity index (χ2v) is 2.66. The van der Waals surface area contributed by atoms with Crippen molar-refractivity contribution in [2.75, 3.05) is 13.2 Å². The van der Waals surface area contributed by atoms with E-state index in [1.165, 1.54) is 0 Å². The summed E-state index contributed by atoms with van der Waals surface area (Å²) < 4.78 is 4.79. The van der Waals surface area contributed by atoms with E-state index in [0.717, 1.165) is 6.42 Å². The molecule has 0 amide bonds. The summed E-state index contributed by atoms with van der Waals surface area (Å²) in [5.74, 6) is -1.40. The molecule has 0 rings (SSSR count). The molecule has 0 aromatic rings. The number of aliphatic carboxylic acids is 1. The van der Waals surface area contributed by atoms with Gasteiger partial charge in [0.15, 0.2) is 0 Å². The number of esters is 1. The summed E-state index contributed by atoms with van der Waals surface area (Å²) in [6.07, 6.45) is 0.761. The smallest absolute Gasteiger partial charge is 0.322 e. The van der Waals surface area contributed by atoms with Gasteiger partial charge in [-0.1, -0.05) is 6.92 Å². The average Bonchev–Trinajstić information content (AvgIpc) is 2.10. The van der Waals surface area contributed by atoms with Crippen LogP contribution in [0.25, 0.3) is 0 Å². The van der Waals surface area contributed by atoms with Crippen molar-refractivity contribution in [1.29, 1.82) is 0 Å².